The molecule has 8 heteroatoms. The van der Waals surface area contributed by atoms with Gasteiger partial charge in [-0.05, 0) is 6.42 Å². The van der Waals surface area contributed by atoms with Gasteiger partial charge in [0, 0.05) is 12.5 Å². The number of aliphatic hydroxyl groups is 4. The number of imidazole rings is 1. The van der Waals surface area contributed by atoms with E-state index in [4.69, 9.17) is 0 Å². The lowest BCUT2D eigenvalue weighted by molar-refractivity contribution is -0.00386. The molecule has 0 spiro atoms. The van der Waals surface area contributed by atoms with E-state index in [1.807, 2.05) is 0 Å². The summed E-state index contributed by atoms with van der Waals surface area (Å²) >= 11 is 0. The molecule has 0 saturated heterocycles. The summed E-state index contributed by atoms with van der Waals surface area (Å²) in [6.45, 7) is 0.0508. The molecule has 1 fully saturated rings. The van der Waals surface area contributed by atoms with E-state index in [9.17, 15) is 20.4 Å². The molecule has 1 aromatic heterocycles. The molecule has 0 radical (unpaired) electrons. The molecule has 5 atom stereocenters. The molecule has 5 N–H and O–H groups in total. The zero-order chi connectivity index (χ0) is 14.3. The van der Waals surface area contributed by atoms with Crippen molar-refractivity contribution in [1.29, 1.82) is 0 Å². The number of fused-ring (bicyclic) bond motifs is 1. The van der Waals surface area contributed by atoms with Gasteiger partial charge >= 0.3 is 0 Å². The van der Waals surface area contributed by atoms with Crippen LogP contribution in [0.3, 0.4) is 0 Å². The minimum absolute atomic E-state index is 0.177. The first-order valence-corrected chi connectivity index (χ1v) is 6.60. The van der Waals surface area contributed by atoms with Crippen LogP contribution in [-0.4, -0.2) is 61.7 Å². The van der Waals surface area contributed by atoms with Crippen LogP contribution in [0.1, 0.15) is 24.3 Å². The smallest absolute Gasteiger partial charge is 0.137 e. The molecule has 0 aromatic carbocycles. The van der Waals surface area contributed by atoms with E-state index in [0.717, 1.165) is 0 Å². The SMILES string of the molecule is OC[C@H]1C[C@@H](n2cnc3c2NC=NC[C@H]3O)[C@H](O)[C@@H]1O. The van der Waals surface area contributed by atoms with Gasteiger partial charge in [-0.2, -0.15) is 0 Å². The molecule has 1 aromatic rings. The minimum atomic E-state index is -0.982. The summed E-state index contributed by atoms with van der Waals surface area (Å²) in [4.78, 5) is 8.15. The number of aromatic nitrogens is 2. The second-order valence-electron chi connectivity index (χ2n) is 5.27. The summed E-state index contributed by atoms with van der Waals surface area (Å²) in [5.74, 6) is 0.200. The van der Waals surface area contributed by atoms with E-state index in [1.165, 1.54) is 12.7 Å². The quantitative estimate of drug-likeness (QED) is 0.457. The largest absolute Gasteiger partial charge is 0.396 e. The van der Waals surface area contributed by atoms with E-state index >= 15 is 0 Å². The van der Waals surface area contributed by atoms with Crippen LogP contribution in [0.4, 0.5) is 5.82 Å². The van der Waals surface area contributed by atoms with E-state index in [0.29, 0.717) is 17.9 Å². The maximum absolute atomic E-state index is 10.1. The van der Waals surface area contributed by atoms with E-state index < -0.39 is 24.4 Å². The standard InChI is InChI=1S/C12H18N4O4/c17-3-6-1-7(11(20)10(6)19)16-5-15-9-8(18)2-13-4-14-12(9)16/h4-8,10-11,17-20H,1-3H2,(H,13,14)/t6-,7-,8-,10-,11+/m1/s1. The number of nitrogens with zero attached hydrogens (tertiary/aromatic N) is 3. The molecule has 0 bridgehead atoms. The lowest BCUT2D eigenvalue weighted by Crippen LogP contribution is -2.30. The Bertz CT molecular complexity index is 518. The highest BCUT2D eigenvalue weighted by Crippen LogP contribution is 2.38. The first kappa shape index (κ1) is 13.5. The summed E-state index contributed by atoms with van der Waals surface area (Å²) in [7, 11) is 0. The molecule has 1 saturated carbocycles. The lowest BCUT2D eigenvalue weighted by Gasteiger charge is -2.20. The van der Waals surface area contributed by atoms with Gasteiger partial charge < -0.3 is 30.3 Å². The summed E-state index contributed by atoms with van der Waals surface area (Å²) in [6, 6.07) is -0.399. The highest BCUT2D eigenvalue weighted by molar-refractivity contribution is 5.76. The van der Waals surface area contributed by atoms with Gasteiger partial charge in [0.25, 0.3) is 0 Å². The molecule has 0 amide bonds. The molecule has 1 aliphatic carbocycles. The van der Waals surface area contributed by atoms with Crippen molar-refractivity contribution in [3.63, 3.8) is 0 Å². The summed E-state index contributed by atoms with van der Waals surface area (Å²) in [6.07, 6.45) is 0.706. The zero-order valence-electron chi connectivity index (χ0n) is 10.8. The Morgan fingerprint density at radius 2 is 2.10 bits per heavy atom. The molecule has 0 unspecified atom stereocenters. The van der Waals surface area contributed by atoms with E-state index in [2.05, 4.69) is 15.3 Å². The van der Waals surface area contributed by atoms with Crippen LogP contribution < -0.4 is 5.32 Å². The molecular weight excluding hydrogens is 264 g/mol. The van der Waals surface area contributed by atoms with Crippen LogP contribution in [0.2, 0.25) is 0 Å². The van der Waals surface area contributed by atoms with Crippen LogP contribution in [0.5, 0.6) is 0 Å². The second kappa shape index (κ2) is 5.13. The van der Waals surface area contributed by atoms with Crippen molar-refractivity contribution in [2.24, 2.45) is 10.9 Å². The zero-order valence-corrected chi connectivity index (χ0v) is 10.8. The van der Waals surface area contributed by atoms with Gasteiger partial charge in [0.05, 0.1) is 31.4 Å². The molecular formula is C12H18N4O4. The average molecular weight is 282 g/mol. The topological polar surface area (TPSA) is 123 Å². The fourth-order valence-electron chi connectivity index (χ4n) is 2.92. The first-order valence-electron chi connectivity index (χ1n) is 6.60. The molecule has 2 heterocycles. The summed E-state index contributed by atoms with van der Waals surface area (Å²) < 4.78 is 1.69. The van der Waals surface area contributed by atoms with Gasteiger partial charge in [0.1, 0.15) is 23.7 Å². The Morgan fingerprint density at radius 1 is 1.30 bits per heavy atom. The second-order valence-corrected chi connectivity index (χ2v) is 5.27. The van der Waals surface area contributed by atoms with Crippen LogP contribution in [-0.2, 0) is 0 Å². The van der Waals surface area contributed by atoms with Crippen molar-refractivity contribution in [3.05, 3.63) is 12.0 Å². The van der Waals surface area contributed by atoms with Crippen LogP contribution in [0.25, 0.3) is 0 Å². The number of aliphatic imine (C=N–C) groups is 1. The number of anilines is 1. The van der Waals surface area contributed by atoms with Crippen molar-refractivity contribution in [2.75, 3.05) is 18.5 Å². The van der Waals surface area contributed by atoms with Crippen molar-refractivity contribution in [3.8, 4) is 0 Å². The highest BCUT2D eigenvalue weighted by Gasteiger charge is 2.43. The maximum Gasteiger partial charge on any atom is 0.137 e. The third kappa shape index (κ3) is 2.01. The van der Waals surface area contributed by atoms with Gasteiger partial charge in [-0.15, -0.1) is 0 Å². The van der Waals surface area contributed by atoms with E-state index in [1.54, 1.807) is 4.57 Å². The van der Waals surface area contributed by atoms with Crippen LogP contribution >= 0.6 is 0 Å². The van der Waals surface area contributed by atoms with E-state index in [-0.39, 0.29) is 19.1 Å². The molecule has 1 aliphatic heterocycles. The van der Waals surface area contributed by atoms with Gasteiger partial charge in [-0.3, -0.25) is 4.99 Å². The molecule has 20 heavy (non-hydrogen) atoms. The van der Waals surface area contributed by atoms with Gasteiger partial charge in [-0.1, -0.05) is 0 Å². The van der Waals surface area contributed by atoms with Crippen LogP contribution in [0, 0.1) is 5.92 Å². The molecule has 8 nitrogen and oxygen atoms in total. The molecule has 2 aliphatic rings. The minimum Gasteiger partial charge on any atom is -0.396 e. The van der Waals surface area contributed by atoms with Gasteiger partial charge in [0.2, 0.25) is 0 Å². The van der Waals surface area contributed by atoms with Crippen molar-refractivity contribution in [1.82, 2.24) is 9.55 Å². The Labute approximate surface area is 115 Å². The van der Waals surface area contributed by atoms with Crippen molar-refractivity contribution < 1.29 is 20.4 Å². The van der Waals surface area contributed by atoms with Crippen LogP contribution in [0.15, 0.2) is 11.3 Å². The van der Waals surface area contributed by atoms with Gasteiger partial charge in [0.15, 0.2) is 0 Å². The third-order valence-electron chi connectivity index (χ3n) is 4.07. The number of nitrogens with one attached hydrogen (secondary N) is 1. The Kier molecular flexibility index (Phi) is 3.47. The van der Waals surface area contributed by atoms with Gasteiger partial charge in [-0.25, -0.2) is 4.98 Å². The normalized spacial score (nSPS) is 36.5. The predicted molar refractivity (Wildman–Crippen MR) is 70.4 cm³/mol. The Morgan fingerprint density at radius 3 is 2.80 bits per heavy atom. The van der Waals surface area contributed by atoms with Crippen molar-refractivity contribution in [2.45, 2.75) is 30.8 Å². The molecule has 110 valence electrons. The highest BCUT2D eigenvalue weighted by atomic mass is 16.3. The monoisotopic (exact) mass is 282 g/mol. The first-order chi connectivity index (χ1) is 9.63. The lowest BCUT2D eigenvalue weighted by atomic mass is 10.1. The number of aliphatic hydroxyl groups excluding tert-OH is 4. The predicted octanol–water partition coefficient (Wildman–Crippen LogP) is -1.35. The number of hydrogen-bond donors (Lipinski definition) is 5. The summed E-state index contributed by atoms with van der Waals surface area (Å²) in [5, 5.41) is 42.1. The number of hydrogen-bond acceptors (Lipinski definition) is 7. The third-order valence-corrected chi connectivity index (χ3v) is 4.07. The fourth-order valence-corrected chi connectivity index (χ4v) is 2.92. The molecule has 3 rings (SSSR count). The summed E-state index contributed by atoms with van der Waals surface area (Å²) in [5.41, 5.74) is 0.469. The fraction of sp³-hybridized carbons (Fsp3) is 0.667. The maximum atomic E-state index is 10.1. The Balaban J connectivity index is 1.94. The van der Waals surface area contributed by atoms with Crippen molar-refractivity contribution >= 4 is 12.2 Å². The Hall–Kier alpha value is -1.48. The average Bonchev–Trinajstić information content (AvgIpc) is 2.92. The number of rotatable bonds is 2.